The quantitative estimate of drug-likeness (QED) is 0.658. The highest BCUT2D eigenvalue weighted by atomic mass is 32.1. The predicted molar refractivity (Wildman–Crippen MR) is 109 cm³/mol. The molecular weight excluding hydrogens is 374 g/mol. The van der Waals surface area contributed by atoms with Crippen molar-refractivity contribution in [1.29, 1.82) is 0 Å². The Bertz CT molecular complexity index is 1050. The second kappa shape index (κ2) is 7.59. The van der Waals surface area contributed by atoms with Crippen LogP contribution in [-0.2, 0) is 16.0 Å². The molecule has 1 aliphatic carbocycles. The van der Waals surface area contributed by atoms with Crippen molar-refractivity contribution >= 4 is 38.6 Å². The maximum atomic E-state index is 12.6. The van der Waals surface area contributed by atoms with E-state index in [2.05, 4.69) is 16.4 Å². The summed E-state index contributed by atoms with van der Waals surface area (Å²) in [6.45, 7) is 1.59. The average Bonchev–Trinajstić information content (AvgIpc) is 3.07. The number of nitrogens with zero attached hydrogens (tertiary/aromatic N) is 1. The predicted octanol–water partition coefficient (Wildman–Crippen LogP) is 3.62. The number of amides is 1. The molecule has 3 N–H and O–H groups in total. The molecule has 4 rings (SSSR count). The number of esters is 1. The Labute approximate surface area is 166 Å². The van der Waals surface area contributed by atoms with Crippen LogP contribution in [0.25, 0.3) is 10.2 Å². The summed E-state index contributed by atoms with van der Waals surface area (Å²) in [5, 5.41) is 3.47. The number of rotatable bonds is 4. The summed E-state index contributed by atoms with van der Waals surface area (Å²) in [4.78, 5) is 29.2. The first-order valence-electron chi connectivity index (χ1n) is 9.26. The van der Waals surface area contributed by atoms with Crippen LogP contribution in [0.4, 0.5) is 5.13 Å². The van der Waals surface area contributed by atoms with Crippen LogP contribution in [0.5, 0.6) is 0 Å². The average molecular weight is 395 g/mol. The number of benzene rings is 2. The zero-order chi connectivity index (χ0) is 19.7. The van der Waals surface area contributed by atoms with Gasteiger partial charge < -0.3 is 15.8 Å². The van der Waals surface area contributed by atoms with E-state index in [-0.39, 0.29) is 11.9 Å². The summed E-state index contributed by atoms with van der Waals surface area (Å²) in [6, 6.07) is 13.1. The lowest BCUT2D eigenvalue weighted by Crippen LogP contribution is -2.39. The Hall–Kier alpha value is -2.93. The van der Waals surface area contributed by atoms with Crippen molar-refractivity contribution in [1.82, 2.24) is 10.3 Å². The zero-order valence-corrected chi connectivity index (χ0v) is 16.3. The van der Waals surface area contributed by atoms with E-state index in [1.165, 1.54) is 16.9 Å². The molecular formula is C21H21N3O3S. The lowest BCUT2D eigenvalue weighted by Gasteiger charge is -2.27. The molecule has 1 aromatic heterocycles. The van der Waals surface area contributed by atoms with E-state index in [9.17, 15) is 9.59 Å². The van der Waals surface area contributed by atoms with Crippen LogP contribution in [0.3, 0.4) is 0 Å². The molecule has 0 saturated heterocycles. The van der Waals surface area contributed by atoms with Gasteiger partial charge in [0.05, 0.1) is 21.8 Å². The molecule has 0 saturated carbocycles. The number of hydrogen-bond acceptors (Lipinski definition) is 6. The SMILES string of the molecule is C[C@@H](OC(=O)c1ccc2nc(N)sc2c1)C(=O)N[C@H]1CCCc2ccccc21. The Kier molecular flexibility index (Phi) is 5.00. The smallest absolute Gasteiger partial charge is 0.338 e. The minimum atomic E-state index is -0.885. The fourth-order valence-corrected chi connectivity index (χ4v) is 4.32. The van der Waals surface area contributed by atoms with Gasteiger partial charge in [0.2, 0.25) is 0 Å². The van der Waals surface area contributed by atoms with Crippen molar-refractivity contribution < 1.29 is 14.3 Å². The number of nitrogens with two attached hydrogens (primary N) is 1. The summed E-state index contributed by atoms with van der Waals surface area (Å²) in [7, 11) is 0. The third-order valence-electron chi connectivity index (χ3n) is 4.98. The Morgan fingerprint density at radius 3 is 2.96 bits per heavy atom. The fraction of sp³-hybridized carbons (Fsp3) is 0.286. The monoisotopic (exact) mass is 395 g/mol. The van der Waals surface area contributed by atoms with Gasteiger partial charge in [-0.1, -0.05) is 35.6 Å². The Morgan fingerprint density at radius 1 is 1.29 bits per heavy atom. The lowest BCUT2D eigenvalue weighted by molar-refractivity contribution is -0.130. The van der Waals surface area contributed by atoms with Crippen molar-refractivity contribution in [3.05, 3.63) is 59.2 Å². The van der Waals surface area contributed by atoms with Gasteiger partial charge in [0.1, 0.15) is 0 Å². The van der Waals surface area contributed by atoms with Crippen LogP contribution < -0.4 is 11.1 Å². The van der Waals surface area contributed by atoms with E-state index in [1.807, 2.05) is 18.2 Å². The number of aromatic nitrogens is 1. The van der Waals surface area contributed by atoms with Gasteiger partial charge in [-0.15, -0.1) is 0 Å². The molecule has 2 aromatic carbocycles. The first-order valence-corrected chi connectivity index (χ1v) is 10.1. The molecule has 0 radical (unpaired) electrons. The van der Waals surface area contributed by atoms with Gasteiger partial charge in [-0.2, -0.15) is 0 Å². The van der Waals surface area contributed by atoms with Gasteiger partial charge in [0.25, 0.3) is 5.91 Å². The lowest BCUT2D eigenvalue weighted by atomic mass is 9.87. The van der Waals surface area contributed by atoms with Gasteiger partial charge in [-0.25, -0.2) is 9.78 Å². The van der Waals surface area contributed by atoms with Crippen LogP contribution in [-0.4, -0.2) is 23.0 Å². The number of carbonyl (C=O) groups excluding carboxylic acids is 2. The standard InChI is InChI=1S/C21H21N3O3S/c1-12(19(25)23-16-8-4-6-13-5-2-3-7-15(13)16)27-20(26)14-9-10-17-18(11-14)28-21(22)24-17/h2-3,5,7,9-12,16H,4,6,8H2,1H3,(H2,22,24)(H,23,25)/t12-,16+/m1/s1. The summed E-state index contributed by atoms with van der Waals surface area (Å²) in [5.74, 6) is -0.835. The van der Waals surface area contributed by atoms with Crippen molar-refractivity contribution in [3.63, 3.8) is 0 Å². The number of nitrogen functional groups attached to an aromatic ring is 1. The Balaban J connectivity index is 1.42. The van der Waals surface area contributed by atoms with E-state index < -0.39 is 12.1 Å². The molecule has 1 heterocycles. The molecule has 0 bridgehead atoms. The summed E-state index contributed by atoms with van der Waals surface area (Å²) in [5.41, 5.74) is 9.22. The molecule has 6 nitrogen and oxygen atoms in total. The second-order valence-electron chi connectivity index (χ2n) is 6.93. The minimum absolute atomic E-state index is 0.0462. The highest BCUT2D eigenvalue weighted by Crippen LogP contribution is 2.29. The normalized spacial score (nSPS) is 17.0. The summed E-state index contributed by atoms with van der Waals surface area (Å²) in [6.07, 6.45) is 2.04. The first-order chi connectivity index (χ1) is 13.5. The number of carbonyl (C=O) groups is 2. The number of anilines is 1. The number of nitrogens with one attached hydrogen (secondary N) is 1. The van der Waals surface area contributed by atoms with Crippen LogP contribution in [0.15, 0.2) is 42.5 Å². The maximum absolute atomic E-state index is 12.6. The molecule has 2 atom stereocenters. The maximum Gasteiger partial charge on any atom is 0.338 e. The third-order valence-corrected chi connectivity index (χ3v) is 5.83. The second-order valence-corrected chi connectivity index (χ2v) is 8.00. The first kappa shape index (κ1) is 18.4. The molecule has 0 unspecified atom stereocenters. The van der Waals surface area contributed by atoms with Gasteiger partial charge in [0, 0.05) is 0 Å². The van der Waals surface area contributed by atoms with E-state index in [1.54, 1.807) is 25.1 Å². The van der Waals surface area contributed by atoms with E-state index in [0.717, 1.165) is 35.0 Å². The van der Waals surface area contributed by atoms with Crippen molar-refractivity contribution in [2.75, 3.05) is 5.73 Å². The number of ether oxygens (including phenoxy) is 1. The van der Waals surface area contributed by atoms with Crippen LogP contribution in [0.2, 0.25) is 0 Å². The van der Waals surface area contributed by atoms with Gasteiger partial charge in [0.15, 0.2) is 11.2 Å². The van der Waals surface area contributed by atoms with Crippen LogP contribution >= 0.6 is 11.3 Å². The number of aryl methyl sites for hydroxylation is 1. The molecule has 0 aliphatic heterocycles. The van der Waals surface area contributed by atoms with E-state index in [0.29, 0.717) is 10.7 Å². The molecule has 1 amide bonds. The number of fused-ring (bicyclic) bond motifs is 2. The topological polar surface area (TPSA) is 94.3 Å². The summed E-state index contributed by atoms with van der Waals surface area (Å²) < 4.78 is 6.19. The van der Waals surface area contributed by atoms with Gasteiger partial charge in [-0.3, -0.25) is 4.79 Å². The van der Waals surface area contributed by atoms with E-state index in [4.69, 9.17) is 10.5 Å². The fourth-order valence-electron chi connectivity index (χ4n) is 3.54. The third kappa shape index (κ3) is 3.71. The van der Waals surface area contributed by atoms with E-state index >= 15 is 0 Å². The highest BCUT2D eigenvalue weighted by Gasteiger charge is 2.25. The largest absolute Gasteiger partial charge is 0.449 e. The van der Waals surface area contributed by atoms with Crippen molar-refractivity contribution in [3.8, 4) is 0 Å². The van der Waals surface area contributed by atoms with Crippen LogP contribution in [0, 0.1) is 0 Å². The molecule has 28 heavy (non-hydrogen) atoms. The molecule has 144 valence electrons. The van der Waals surface area contributed by atoms with Crippen molar-refractivity contribution in [2.45, 2.75) is 38.3 Å². The molecule has 3 aromatic rings. The van der Waals surface area contributed by atoms with Gasteiger partial charge >= 0.3 is 5.97 Å². The molecule has 7 heteroatoms. The summed E-state index contributed by atoms with van der Waals surface area (Å²) >= 11 is 1.31. The number of thiazole rings is 1. The highest BCUT2D eigenvalue weighted by molar-refractivity contribution is 7.22. The molecule has 0 fully saturated rings. The molecule has 0 spiro atoms. The number of hydrogen-bond donors (Lipinski definition) is 2. The van der Waals surface area contributed by atoms with Crippen LogP contribution in [0.1, 0.15) is 47.3 Å². The Morgan fingerprint density at radius 2 is 2.11 bits per heavy atom. The van der Waals surface area contributed by atoms with Gasteiger partial charge in [-0.05, 0) is 55.5 Å². The van der Waals surface area contributed by atoms with Crippen molar-refractivity contribution in [2.24, 2.45) is 0 Å². The minimum Gasteiger partial charge on any atom is -0.449 e. The molecule has 1 aliphatic rings. The zero-order valence-electron chi connectivity index (χ0n) is 15.5.